The van der Waals surface area contributed by atoms with Crippen molar-refractivity contribution in [3.63, 3.8) is 0 Å². The minimum absolute atomic E-state index is 0.263. The first-order valence-corrected chi connectivity index (χ1v) is 6.70. The summed E-state index contributed by atoms with van der Waals surface area (Å²) in [5.74, 6) is -0.263. The number of benzene rings is 1. The van der Waals surface area contributed by atoms with Gasteiger partial charge < -0.3 is 10.0 Å². The number of piperidine rings is 1. The molecule has 2 atom stereocenters. The van der Waals surface area contributed by atoms with Crippen molar-refractivity contribution in [2.45, 2.75) is 50.3 Å². The SMILES string of the molecule is Cc1ccc(C2(O)CC3CCC(C2)N3C)c(F)c1. The minimum Gasteiger partial charge on any atom is -0.385 e. The smallest absolute Gasteiger partial charge is 0.129 e. The molecule has 1 N–H and O–H groups in total. The Morgan fingerprint density at radius 3 is 2.44 bits per heavy atom. The van der Waals surface area contributed by atoms with Crippen LogP contribution in [0.25, 0.3) is 0 Å². The number of fused-ring (bicyclic) bond motifs is 2. The van der Waals surface area contributed by atoms with E-state index in [1.54, 1.807) is 6.07 Å². The second-order valence-electron chi connectivity index (χ2n) is 5.97. The van der Waals surface area contributed by atoms with Crippen molar-refractivity contribution in [1.29, 1.82) is 0 Å². The first-order chi connectivity index (χ1) is 8.49. The van der Waals surface area contributed by atoms with Gasteiger partial charge in [-0.25, -0.2) is 4.39 Å². The third kappa shape index (κ3) is 1.77. The van der Waals surface area contributed by atoms with Crippen LogP contribution >= 0.6 is 0 Å². The van der Waals surface area contributed by atoms with Gasteiger partial charge in [0.25, 0.3) is 0 Å². The number of hydrogen-bond acceptors (Lipinski definition) is 2. The molecule has 2 heterocycles. The van der Waals surface area contributed by atoms with Gasteiger partial charge in [-0.15, -0.1) is 0 Å². The lowest BCUT2D eigenvalue weighted by Gasteiger charge is -2.42. The van der Waals surface area contributed by atoms with E-state index in [2.05, 4.69) is 11.9 Å². The van der Waals surface area contributed by atoms with Gasteiger partial charge in [0.05, 0.1) is 5.60 Å². The van der Waals surface area contributed by atoms with Crippen molar-refractivity contribution < 1.29 is 9.50 Å². The molecule has 2 fully saturated rings. The highest BCUT2D eigenvalue weighted by atomic mass is 19.1. The average molecular weight is 249 g/mol. The fraction of sp³-hybridized carbons (Fsp3) is 0.600. The van der Waals surface area contributed by atoms with E-state index in [4.69, 9.17) is 0 Å². The van der Waals surface area contributed by atoms with Crippen LogP contribution in [0.2, 0.25) is 0 Å². The van der Waals surface area contributed by atoms with Crippen LogP contribution in [-0.4, -0.2) is 29.1 Å². The molecular formula is C15H20FNO. The summed E-state index contributed by atoms with van der Waals surface area (Å²) in [6.45, 7) is 1.87. The normalized spacial score (nSPS) is 36.0. The standard InChI is InChI=1S/C15H20FNO/c1-10-3-6-13(14(16)7-10)15(18)8-11-4-5-12(9-15)17(11)2/h3,6-7,11-12,18H,4-5,8-9H2,1-2H3. The molecule has 2 bridgehead atoms. The molecule has 0 spiro atoms. The Labute approximate surface area is 107 Å². The molecule has 0 amide bonds. The van der Waals surface area contributed by atoms with Gasteiger partial charge in [-0.3, -0.25) is 0 Å². The maximum absolute atomic E-state index is 14.1. The topological polar surface area (TPSA) is 23.5 Å². The summed E-state index contributed by atoms with van der Waals surface area (Å²) in [5.41, 5.74) is 0.407. The van der Waals surface area contributed by atoms with Crippen molar-refractivity contribution in [3.8, 4) is 0 Å². The highest BCUT2D eigenvalue weighted by Gasteiger charge is 2.47. The van der Waals surface area contributed by atoms with E-state index in [-0.39, 0.29) is 5.82 Å². The zero-order valence-electron chi connectivity index (χ0n) is 11.0. The number of nitrogens with zero attached hydrogens (tertiary/aromatic N) is 1. The van der Waals surface area contributed by atoms with E-state index in [0.29, 0.717) is 30.5 Å². The second-order valence-corrected chi connectivity index (χ2v) is 5.97. The fourth-order valence-electron chi connectivity index (χ4n) is 3.66. The first kappa shape index (κ1) is 12.1. The predicted molar refractivity (Wildman–Crippen MR) is 68.8 cm³/mol. The predicted octanol–water partition coefficient (Wildman–Crippen LogP) is 2.58. The third-order valence-corrected chi connectivity index (χ3v) is 4.76. The monoisotopic (exact) mass is 249 g/mol. The van der Waals surface area contributed by atoms with Crippen molar-refractivity contribution in [1.82, 2.24) is 4.90 Å². The summed E-state index contributed by atoms with van der Waals surface area (Å²) < 4.78 is 14.1. The summed E-state index contributed by atoms with van der Waals surface area (Å²) in [4.78, 5) is 2.35. The number of halogens is 1. The molecule has 2 saturated heterocycles. The highest BCUT2D eigenvalue weighted by molar-refractivity contribution is 5.30. The lowest BCUT2D eigenvalue weighted by molar-refractivity contribution is -0.0515. The zero-order chi connectivity index (χ0) is 12.9. The summed E-state index contributed by atoms with van der Waals surface area (Å²) in [5, 5.41) is 10.8. The van der Waals surface area contributed by atoms with E-state index in [0.717, 1.165) is 18.4 Å². The molecule has 2 aliphatic rings. The summed E-state index contributed by atoms with van der Waals surface area (Å²) in [7, 11) is 2.12. The molecule has 3 rings (SSSR count). The van der Waals surface area contributed by atoms with Gasteiger partial charge in [-0.1, -0.05) is 12.1 Å². The zero-order valence-corrected chi connectivity index (χ0v) is 11.0. The van der Waals surface area contributed by atoms with Gasteiger partial charge in [-0.2, -0.15) is 0 Å². The van der Waals surface area contributed by atoms with E-state index < -0.39 is 5.60 Å². The Bertz CT molecular complexity index is 460. The largest absolute Gasteiger partial charge is 0.385 e. The van der Waals surface area contributed by atoms with Crippen molar-refractivity contribution >= 4 is 0 Å². The summed E-state index contributed by atoms with van der Waals surface area (Å²) >= 11 is 0. The van der Waals surface area contributed by atoms with Gasteiger partial charge in [0, 0.05) is 17.6 Å². The first-order valence-electron chi connectivity index (χ1n) is 6.70. The van der Waals surface area contributed by atoms with Gasteiger partial charge in [0.15, 0.2) is 0 Å². The molecule has 0 aliphatic carbocycles. The van der Waals surface area contributed by atoms with Gasteiger partial charge >= 0.3 is 0 Å². The van der Waals surface area contributed by atoms with Crippen molar-refractivity contribution in [2.24, 2.45) is 0 Å². The van der Waals surface area contributed by atoms with Crippen LogP contribution in [0.4, 0.5) is 4.39 Å². The molecule has 1 aromatic rings. The second kappa shape index (κ2) is 4.04. The molecule has 2 unspecified atom stereocenters. The molecule has 2 nitrogen and oxygen atoms in total. The maximum atomic E-state index is 14.1. The Hall–Kier alpha value is -0.930. The van der Waals surface area contributed by atoms with Crippen LogP contribution in [-0.2, 0) is 5.60 Å². The highest BCUT2D eigenvalue weighted by Crippen LogP contribution is 2.45. The Morgan fingerprint density at radius 2 is 1.89 bits per heavy atom. The minimum atomic E-state index is -0.976. The molecule has 2 aliphatic heterocycles. The number of aliphatic hydroxyl groups is 1. The third-order valence-electron chi connectivity index (χ3n) is 4.76. The molecule has 0 aromatic heterocycles. The van der Waals surface area contributed by atoms with E-state index in [1.165, 1.54) is 6.07 Å². The molecule has 0 radical (unpaired) electrons. The quantitative estimate of drug-likeness (QED) is 0.827. The van der Waals surface area contributed by atoms with E-state index in [1.807, 2.05) is 13.0 Å². The van der Waals surface area contributed by atoms with E-state index in [9.17, 15) is 9.50 Å². The Morgan fingerprint density at radius 1 is 1.28 bits per heavy atom. The van der Waals surface area contributed by atoms with Crippen LogP contribution in [0.15, 0.2) is 18.2 Å². The maximum Gasteiger partial charge on any atom is 0.129 e. The summed E-state index contributed by atoms with van der Waals surface area (Å²) in [6.07, 6.45) is 3.55. The fourth-order valence-corrected chi connectivity index (χ4v) is 3.66. The molecule has 1 aromatic carbocycles. The van der Waals surface area contributed by atoms with Crippen molar-refractivity contribution in [2.75, 3.05) is 7.05 Å². The Kier molecular flexibility index (Phi) is 2.72. The van der Waals surface area contributed by atoms with Gasteiger partial charge in [0.2, 0.25) is 0 Å². The average Bonchev–Trinajstić information content (AvgIpc) is 2.53. The van der Waals surface area contributed by atoms with Crippen LogP contribution in [0.1, 0.15) is 36.8 Å². The number of rotatable bonds is 1. The lowest BCUT2D eigenvalue weighted by atomic mass is 9.80. The van der Waals surface area contributed by atoms with E-state index >= 15 is 0 Å². The van der Waals surface area contributed by atoms with Crippen LogP contribution in [0.3, 0.4) is 0 Å². The lowest BCUT2D eigenvalue weighted by Crippen LogP contribution is -2.48. The van der Waals surface area contributed by atoms with Crippen LogP contribution < -0.4 is 0 Å². The van der Waals surface area contributed by atoms with Crippen LogP contribution in [0, 0.1) is 12.7 Å². The van der Waals surface area contributed by atoms with Gasteiger partial charge in [0.1, 0.15) is 5.82 Å². The molecule has 98 valence electrons. The molecule has 18 heavy (non-hydrogen) atoms. The van der Waals surface area contributed by atoms with Crippen LogP contribution in [0.5, 0.6) is 0 Å². The van der Waals surface area contributed by atoms with Gasteiger partial charge in [-0.05, 0) is 51.3 Å². The van der Waals surface area contributed by atoms with Crippen molar-refractivity contribution in [3.05, 3.63) is 35.1 Å². The molecule has 0 saturated carbocycles. The molecular weight excluding hydrogens is 229 g/mol. The molecule has 3 heteroatoms. The Balaban J connectivity index is 1.96. The number of hydrogen-bond donors (Lipinski definition) is 1. The number of aryl methyl sites for hydroxylation is 1. The summed E-state index contributed by atoms with van der Waals surface area (Å²) in [6, 6.07) is 5.96.